The quantitative estimate of drug-likeness (QED) is 0.543. The highest BCUT2D eigenvalue weighted by Gasteiger charge is 2.29. The first-order valence-electron chi connectivity index (χ1n) is 11.2. The number of aromatic nitrogens is 4. The Morgan fingerprint density at radius 1 is 1.26 bits per heavy atom. The zero-order valence-electron chi connectivity index (χ0n) is 18.9. The molecule has 1 fully saturated rings. The fraction of sp³-hybridized carbons (Fsp3) is 0.522. The van der Waals surface area contributed by atoms with Crippen LogP contribution in [0.3, 0.4) is 0 Å². The molecule has 1 aliphatic rings. The molecule has 8 heteroatoms. The van der Waals surface area contributed by atoms with E-state index < -0.39 is 0 Å². The highest BCUT2D eigenvalue weighted by Crippen LogP contribution is 2.21. The molecule has 1 amide bonds. The lowest BCUT2D eigenvalue weighted by Gasteiger charge is -2.41. The van der Waals surface area contributed by atoms with Crippen LogP contribution in [0.2, 0.25) is 0 Å². The molecule has 1 aromatic carbocycles. The van der Waals surface area contributed by atoms with Crippen LogP contribution in [0.5, 0.6) is 0 Å². The molecule has 4 rings (SSSR count). The average molecular weight is 424 g/mol. The number of carbonyl (C=O) groups excluding carboxylic acids is 1. The Morgan fingerprint density at radius 3 is 2.74 bits per heavy atom. The molecule has 1 saturated heterocycles. The SMILES string of the molecule is CCCC(Cc1c[nH]c2ccccc12)NC(=O)c1nc(N2CC(C)N(C)[C@H](C)C2)n[nH]1. The van der Waals surface area contributed by atoms with Gasteiger partial charge in [0.1, 0.15) is 0 Å². The van der Waals surface area contributed by atoms with Gasteiger partial charge in [-0.25, -0.2) is 0 Å². The van der Waals surface area contributed by atoms with Gasteiger partial charge < -0.3 is 15.2 Å². The van der Waals surface area contributed by atoms with E-state index in [0.29, 0.717) is 18.0 Å². The fourth-order valence-electron chi connectivity index (χ4n) is 4.46. The Bertz CT molecular complexity index is 1010. The smallest absolute Gasteiger partial charge is 0.288 e. The summed E-state index contributed by atoms with van der Waals surface area (Å²) in [6.07, 6.45) is 4.71. The van der Waals surface area contributed by atoms with Crippen LogP contribution in [0, 0.1) is 0 Å². The fourth-order valence-corrected chi connectivity index (χ4v) is 4.46. The molecule has 2 unspecified atom stereocenters. The minimum absolute atomic E-state index is 0.0361. The number of para-hydroxylation sites is 1. The number of hydrogen-bond donors (Lipinski definition) is 3. The number of likely N-dealkylation sites (N-methyl/N-ethyl adjacent to an activating group) is 1. The summed E-state index contributed by atoms with van der Waals surface area (Å²) >= 11 is 0. The number of fused-ring (bicyclic) bond motifs is 1. The number of carbonyl (C=O) groups is 1. The van der Waals surface area contributed by atoms with Crippen molar-refractivity contribution < 1.29 is 4.79 Å². The summed E-state index contributed by atoms with van der Waals surface area (Å²) in [6.45, 7) is 8.22. The molecule has 0 bridgehead atoms. The maximum absolute atomic E-state index is 12.9. The third-order valence-corrected chi connectivity index (χ3v) is 6.44. The average Bonchev–Trinajstić information content (AvgIpc) is 3.40. The lowest BCUT2D eigenvalue weighted by molar-refractivity contribution is 0.0924. The summed E-state index contributed by atoms with van der Waals surface area (Å²) < 4.78 is 0. The third kappa shape index (κ3) is 4.58. The van der Waals surface area contributed by atoms with Gasteiger partial charge in [-0.05, 0) is 45.4 Å². The number of anilines is 1. The maximum Gasteiger partial charge on any atom is 0.288 e. The number of aromatic amines is 2. The van der Waals surface area contributed by atoms with Crippen molar-refractivity contribution in [3.05, 3.63) is 41.9 Å². The highest BCUT2D eigenvalue weighted by molar-refractivity contribution is 5.91. The molecule has 8 nitrogen and oxygen atoms in total. The molecular formula is C23H33N7O. The predicted molar refractivity (Wildman–Crippen MR) is 123 cm³/mol. The number of piperazine rings is 1. The lowest BCUT2D eigenvalue weighted by atomic mass is 10.0. The molecule has 0 radical (unpaired) electrons. The first kappa shape index (κ1) is 21.4. The van der Waals surface area contributed by atoms with E-state index in [0.717, 1.165) is 37.9 Å². The van der Waals surface area contributed by atoms with Crippen LogP contribution in [-0.4, -0.2) is 69.2 Å². The number of nitrogens with one attached hydrogen (secondary N) is 3. The van der Waals surface area contributed by atoms with Gasteiger partial charge in [-0.15, -0.1) is 5.10 Å². The van der Waals surface area contributed by atoms with Gasteiger partial charge in [-0.1, -0.05) is 31.5 Å². The summed E-state index contributed by atoms with van der Waals surface area (Å²) in [7, 11) is 2.14. The molecular weight excluding hydrogens is 390 g/mol. The molecule has 3 atom stereocenters. The second-order valence-corrected chi connectivity index (χ2v) is 8.78. The van der Waals surface area contributed by atoms with E-state index in [-0.39, 0.29) is 17.8 Å². The standard InChI is InChI=1S/C23H33N7O/c1-5-8-18(11-17-12-24-20-10-7-6-9-19(17)20)25-22(31)21-26-23(28-27-21)30-13-15(2)29(4)16(3)14-30/h6-7,9-10,12,15-16,18,24H,5,8,11,13-14H2,1-4H3,(H,25,31)(H,26,27,28)/t15-,16?,18?/m1/s1. The number of rotatable bonds is 7. The largest absolute Gasteiger partial charge is 0.361 e. The summed E-state index contributed by atoms with van der Waals surface area (Å²) in [6, 6.07) is 9.11. The minimum atomic E-state index is -0.202. The molecule has 2 aromatic heterocycles. The molecule has 166 valence electrons. The molecule has 0 saturated carbocycles. The zero-order chi connectivity index (χ0) is 22.0. The zero-order valence-corrected chi connectivity index (χ0v) is 18.9. The molecule has 3 N–H and O–H groups in total. The van der Waals surface area contributed by atoms with Crippen molar-refractivity contribution in [1.29, 1.82) is 0 Å². The van der Waals surface area contributed by atoms with Gasteiger partial charge >= 0.3 is 0 Å². The van der Waals surface area contributed by atoms with E-state index in [1.165, 1.54) is 10.9 Å². The molecule has 0 aliphatic carbocycles. The maximum atomic E-state index is 12.9. The van der Waals surface area contributed by atoms with Crippen LogP contribution >= 0.6 is 0 Å². The Hall–Kier alpha value is -2.87. The Balaban J connectivity index is 1.43. The van der Waals surface area contributed by atoms with Crippen LogP contribution in [0.4, 0.5) is 5.95 Å². The molecule has 3 aromatic rings. The Morgan fingerprint density at radius 2 is 2.00 bits per heavy atom. The van der Waals surface area contributed by atoms with Gasteiger partial charge in [0, 0.05) is 48.3 Å². The normalized spacial score (nSPS) is 20.8. The van der Waals surface area contributed by atoms with Gasteiger partial charge in [0.05, 0.1) is 0 Å². The summed E-state index contributed by atoms with van der Waals surface area (Å²) in [5.41, 5.74) is 2.34. The van der Waals surface area contributed by atoms with Crippen molar-refractivity contribution in [1.82, 2.24) is 30.4 Å². The Labute approximate surface area is 183 Å². The van der Waals surface area contributed by atoms with Gasteiger partial charge in [-0.3, -0.25) is 14.8 Å². The van der Waals surface area contributed by atoms with Crippen LogP contribution < -0.4 is 10.2 Å². The van der Waals surface area contributed by atoms with Crippen molar-refractivity contribution in [3.8, 4) is 0 Å². The Kier molecular flexibility index (Phi) is 6.27. The van der Waals surface area contributed by atoms with Crippen LogP contribution in [0.15, 0.2) is 30.5 Å². The first-order chi connectivity index (χ1) is 15.0. The number of benzene rings is 1. The second kappa shape index (κ2) is 9.09. The first-order valence-corrected chi connectivity index (χ1v) is 11.2. The number of nitrogens with zero attached hydrogens (tertiary/aromatic N) is 4. The summed E-state index contributed by atoms with van der Waals surface area (Å²) in [5.74, 6) is 0.669. The molecule has 1 aliphatic heterocycles. The van der Waals surface area contributed by atoms with Gasteiger partial charge in [-0.2, -0.15) is 4.98 Å². The second-order valence-electron chi connectivity index (χ2n) is 8.78. The van der Waals surface area contributed by atoms with Crippen LogP contribution in [-0.2, 0) is 6.42 Å². The van der Waals surface area contributed by atoms with Crippen molar-refractivity contribution >= 4 is 22.8 Å². The van der Waals surface area contributed by atoms with E-state index in [1.807, 2.05) is 18.3 Å². The number of amides is 1. The van der Waals surface area contributed by atoms with Crippen LogP contribution in [0.1, 0.15) is 49.8 Å². The van der Waals surface area contributed by atoms with E-state index in [2.05, 4.69) is 75.2 Å². The van der Waals surface area contributed by atoms with Crippen molar-refractivity contribution in [2.45, 2.75) is 58.2 Å². The minimum Gasteiger partial charge on any atom is -0.361 e. The van der Waals surface area contributed by atoms with Gasteiger partial charge in [0.25, 0.3) is 5.91 Å². The number of hydrogen-bond acceptors (Lipinski definition) is 5. The summed E-state index contributed by atoms with van der Waals surface area (Å²) in [5, 5.41) is 11.5. The molecule has 0 spiro atoms. The van der Waals surface area contributed by atoms with E-state index in [4.69, 9.17) is 0 Å². The van der Waals surface area contributed by atoms with E-state index in [9.17, 15) is 4.79 Å². The van der Waals surface area contributed by atoms with Crippen molar-refractivity contribution in [3.63, 3.8) is 0 Å². The predicted octanol–water partition coefficient (Wildman–Crippen LogP) is 2.96. The lowest BCUT2D eigenvalue weighted by Crippen LogP contribution is -2.55. The van der Waals surface area contributed by atoms with E-state index in [1.54, 1.807) is 0 Å². The van der Waals surface area contributed by atoms with Crippen molar-refractivity contribution in [2.24, 2.45) is 0 Å². The topological polar surface area (TPSA) is 92.9 Å². The third-order valence-electron chi connectivity index (χ3n) is 6.44. The van der Waals surface area contributed by atoms with Gasteiger partial charge in [0.15, 0.2) is 0 Å². The van der Waals surface area contributed by atoms with Crippen LogP contribution in [0.25, 0.3) is 10.9 Å². The van der Waals surface area contributed by atoms with Crippen molar-refractivity contribution in [2.75, 3.05) is 25.0 Å². The monoisotopic (exact) mass is 423 g/mol. The highest BCUT2D eigenvalue weighted by atomic mass is 16.2. The molecule has 3 heterocycles. The molecule has 31 heavy (non-hydrogen) atoms. The number of H-pyrrole nitrogens is 2. The van der Waals surface area contributed by atoms with Gasteiger partial charge in [0.2, 0.25) is 11.8 Å². The van der Waals surface area contributed by atoms with E-state index >= 15 is 0 Å². The summed E-state index contributed by atoms with van der Waals surface area (Å²) in [4.78, 5) is 25.3.